The van der Waals surface area contributed by atoms with E-state index in [2.05, 4.69) is 15.5 Å². The second kappa shape index (κ2) is 5.55. The lowest BCUT2D eigenvalue weighted by Crippen LogP contribution is -2.32. The molecule has 0 saturated carbocycles. The smallest absolute Gasteiger partial charge is 0.253 e. The fraction of sp³-hybridized carbons (Fsp3) is 0.188. The number of fused-ring (bicyclic) bond motifs is 2. The lowest BCUT2D eigenvalue weighted by molar-refractivity contribution is 0.0924. The molecule has 3 heterocycles. The van der Waals surface area contributed by atoms with Crippen molar-refractivity contribution in [3.05, 3.63) is 59.0 Å². The predicted octanol–water partition coefficient (Wildman–Crippen LogP) is 2.64. The summed E-state index contributed by atoms with van der Waals surface area (Å²) >= 11 is 6.16. The quantitative estimate of drug-likeness (QED) is 0.785. The van der Waals surface area contributed by atoms with E-state index < -0.39 is 0 Å². The number of rotatable bonds is 2. The number of halogens is 1. The van der Waals surface area contributed by atoms with Crippen molar-refractivity contribution in [1.82, 2.24) is 19.9 Å². The molecule has 1 atom stereocenters. The average Bonchev–Trinajstić information content (AvgIpc) is 3.03. The van der Waals surface area contributed by atoms with Gasteiger partial charge in [-0.15, -0.1) is 10.2 Å². The Hall–Kier alpha value is -2.60. The summed E-state index contributed by atoms with van der Waals surface area (Å²) in [5.41, 5.74) is 2.15. The normalized spacial score (nSPS) is 16.7. The molecule has 1 amide bonds. The highest BCUT2D eigenvalue weighted by atomic mass is 35.5. The zero-order chi connectivity index (χ0) is 15.8. The summed E-state index contributed by atoms with van der Waals surface area (Å²) in [4.78, 5) is 12.5. The highest BCUT2D eigenvalue weighted by Gasteiger charge is 2.25. The summed E-state index contributed by atoms with van der Waals surface area (Å²) in [5, 5.41) is 11.3. The Kier molecular flexibility index (Phi) is 3.38. The monoisotopic (exact) mass is 328 g/mol. The van der Waals surface area contributed by atoms with Crippen LogP contribution >= 0.6 is 11.6 Å². The van der Waals surface area contributed by atoms with Crippen LogP contribution < -0.4 is 10.1 Å². The number of nitrogens with one attached hydrogen (secondary N) is 1. The van der Waals surface area contributed by atoms with Crippen LogP contribution in [0.15, 0.2) is 42.9 Å². The fourth-order valence-electron chi connectivity index (χ4n) is 2.74. The van der Waals surface area contributed by atoms with Gasteiger partial charge < -0.3 is 10.1 Å². The molecule has 6 nitrogen and oxygen atoms in total. The first-order valence-corrected chi connectivity index (χ1v) is 7.61. The number of pyridine rings is 1. The van der Waals surface area contributed by atoms with Gasteiger partial charge in [-0.05, 0) is 18.2 Å². The largest absolute Gasteiger partial charge is 0.492 e. The molecule has 0 radical (unpaired) electrons. The third-order valence-electron chi connectivity index (χ3n) is 3.88. The van der Waals surface area contributed by atoms with Gasteiger partial charge in [-0.1, -0.05) is 23.7 Å². The molecule has 1 aromatic carbocycles. The fourth-order valence-corrected chi connectivity index (χ4v) is 2.98. The third kappa shape index (κ3) is 2.51. The van der Waals surface area contributed by atoms with Crippen molar-refractivity contribution in [3.63, 3.8) is 0 Å². The first-order chi connectivity index (χ1) is 11.2. The van der Waals surface area contributed by atoms with Crippen LogP contribution in [0.5, 0.6) is 5.75 Å². The van der Waals surface area contributed by atoms with Crippen molar-refractivity contribution in [3.8, 4) is 5.75 Å². The average molecular weight is 329 g/mol. The number of nitrogens with zero attached hydrogens (tertiary/aromatic N) is 3. The molecule has 7 heteroatoms. The van der Waals surface area contributed by atoms with Gasteiger partial charge in [0.1, 0.15) is 12.1 Å². The van der Waals surface area contributed by atoms with Gasteiger partial charge >= 0.3 is 0 Å². The van der Waals surface area contributed by atoms with Crippen LogP contribution in [0.25, 0.3) is 5.65 Å². The number of amides is 1. The summed E-state index contributed by atoms with van der Waals surface area (Å²) in [6.45, 7) is 0.520. The molecule has 0 spiro atoms. The van der Waals surface area contributed by atoms with E-state index in [4.69, 9.17) is 16.3 Å². The van der Waals surface area contributed by atoms with Crippen molar-refractivity contribution in [2.75, 3.05) is 6.61 Å². The number of carbonyl (C=O) groups is 1. The summed E-state index contributed by atoms with van der Waals surface area (Å²) in [7, 11) is 0. The molecule has 2 aromatic heterocycles. The third-order valence-corrected chi connectivity index (χ3v) is 4.18. The minimum absolute atomic E-state index is 0.124. The van der Waals surface area contributed by atoms with E-state index >= 15 is 0 Å². The molecule has 0 unspecified atom stereocenters. The Morgan fingerprint density at radius 2 is 2.26 bits per heavy atom. The van der Waals surface area contributed by atoms with Crippen molar-refractivity contribution in [2.45, 2.75) is 12.5 Å². The minimum Gasteiger partial charge on any atom is -0.492 e. The number of hydrogen-bond donors (Lipinski definition) is 1. The molecular weight excluding hydrogens is 316 g/mol. The number of aromatic nitrogens is 3. The number of benzene rings is 1. The van der Waals surface area contributed by atoms with E-state index in [1.54, 1.807) is 35.1 Å². The maximum Gasteiger partial charge on any atom is 0.253 e. The Morgan fingerprint density at radius 1 is 1.35 bits per heavy atom. The lowest BCUT2D eigenvalue weighted by atomic mass is 10.00. The van der Waals surface area contributed by atoms with Gasteiger partial charge in [0.15, 0.2) is 5.65 Å². The minimum atomic E-state index is -0.154. The summed E-state index contributed by atoms with van der Waals surface area (Å²) in [6, 6.07) is 8.94. The van der Waals surface area contributed by atoms with E-state index in [-0.39, 0.29) is 11.9 Å². The summed E-state index contributed by atoms with van der Waals surface area (Å²) in [5.74, 6) is 0.499. The number of ether oxygens (including phenoxy) is 1. The van der Waals surface area contributed by atoms with Crippen molar-refractivity contribution in [1.29, 1.82) is 0 Å². The molecule has 23 heavy (non-hydrogen) atoms. The molecule has 0 saturated heterocycles. The van der Waals surface area contributed by atoms with Crippen LogP contribution in [-0.2, 0) is 0 Å². The molecular formula is C16H13ClN4O2. The van der Waals surface area contributed by atoms with E-state index in [0.717, 1.165) is 5.56 Å². The SMILES string of the molecule is O=C(N[C@@H]1CCOc2c(Cl)cccc21)c1ccc2nncn2c1. The first-order valence-electron chi connectivity index (χ1n) is 7.24. The Morgan fingerprint density at radius 3 is 3.17 bits per heavy atom. The molecule has 116 valence electrons. The van der Waals surface area contributed by atoms with Gasteiger partial charge in [-0.2, -0.15) is 0 Å². The van der Waals surface area contributed by atoms with Gasteiger partial charge in [0.05, 0.1) is 23.2 Å². The van der Waals surface area contributed by atoms with Crippen molar-refractivity contribution >= 4 is 23.2 Å². The topological polar surface area (TPSA) is 68.5 Å². The van der Waals surface area contributed by atoms with Crippen LogP contribution in [0.2, 0.25) is 5.02 Å². The molecule has 0 bridgehead atoms. The summed E-state index contributed by atoms with van der Waals surface area (Å²) in [6.07, 6.45) is 3.98. The van der Waals surface area contributed by atoms with E-state index in [1.807, 2.05) is 12.1 Å². The first kappa shape index (κ1) is 14.0. The molecule has 0 aliphatic carbocycles. The maximum atomic E-state index is 12.5. The van der Waals surface area contributed by atoms with Gasteiger partial charge in [0.2, 0.25) is 0 Å². The second-order valence-corrected chi connectivity index (χ2v) is 5.74. The Balaban J connectivity index is 1.61. The van der Waals surface area contributed by atoms with Crippen LogP contribution in [0.4, 0.5) is 0 Å². The standard InChI is InChI=1S/C16H13ClN4O2/c17-12-3-1-2-11-13(6-7-23-15(11)12)19-16(22)10-4-5-14-20-18-9-21(14)8-10/h1-5,8-9,13H,6-7H2,(H,19,22)/t13-/m1/s1. The van der Waals surface area contributed by atoms with Gasteiger partial charge in [-0.25, -0.2) is 0 Å². The second-order valence-electron chi connectivity index (χ2n) is 5.34. The predicted molar refractivity (Wildman–Crippen MR) is 84.8 cm³/mol. The van der Waals surface area contributed by atoms with Gasteiger partial charge in [0.25, 0.3) is 5.91 Å². The maximum absolute atomic E-state index is 12.5. The molecule has 1 aliphatic heterocycles. The van der Waals surface area contributed by atoms with Gasteiger partial charge in [0, 0.05) is 18.2 Å². The Bertz CT molecular complexity index is 893. The lowest BCUT2D eigenvalue weighted by Gasteiger charge is -2.27. The highest BCUT2D eigenvalue weighted by Crippen LogP contribution is 2.37. The van der Waals surface area contributed by atoms with Crippen LogP contribution in [-0.4, -0.2) is 27.1 Å². The highest BCUT2D eigenvalue weighted by molar-refractivity contribution is 6.32. The van der Waals surface area contributed by atoms with Crippen LogP contribution in [0, 0.1) is 0 Å². The number of carbonyl (C=O) groups excluding carboxylic acids is 1. The van der Waals surface area contributed by atoms with Crippen LogP contribution in [0.1, 0.15) is 28.4 Å². The zero-order valence-electron chi connectivity index (χ0n) is 12.1. The molecule has 1 aliphatic rings. The molecule has 4 rings (SSSR count). The molecule has 3 aromatic rings. The van der Waals surface area contributed by atoms with Crippen molar-refractivity contribution < 1.29 is 9.53 Å². The number of para-hydroxylation sites is 1. The van der Waals surface area contributed by atoms with E-state index in [1.165, 1.54) is 0 Å². The number of hydrogen-bond acceptors (Lipinski definition) is 4. The zero-order valence-corrected chi connectivity index (χ0v) is 12.8. The summed E-state index contributed by atoms with van der Waals surface area (Å²) < 4.78 is 7.33. The van der Waals surface area contributed by atoms with Crippen molar-refractivity contribution in [2.24, 2.45) is 0 Å². The van der Waals surface area contributed by atoms with E-state index in [0.29, 0.717) is 35.0 Å². The molecule has 1 N–H and O–H groups in total. The Labute approximate surface area is 137 Å². The van der Waals surface area contributed by atoms with Crippen LogP contribution in [0.3, 0.4) is 0 Å². The van der Waals surface area contributed by atoms with Gasteiger partial charge in [-0.3, -0.25) is 9.20 Å². The van der Waals surface area contributed by atoms with E-state index in [9.17, 15) is 4.79 Å². The molecule has 0 fully saturated rings.